The summed E-state index contributed by atoms with van der Waals surface area (Å²) in [6, 6.07) is 21.9. The molecule has 0 amide bonds. The predicted octanol–water partition coefficient (Wildman–Crippen LogP) is 3.38. The van der Waals surface area contributed by atoms with E-state index in [0.29, 0.717) is 28.8 Å². The molecule has 4 rings (SSSR count). The molecule has 1 heterocycles. The van der Waals surface area contributed by atoms with Gasteiger partial charge in [0.05, 0.1) is 27.7 Å². The largest absolute Gasteiger partial charge is 0.480 e. The molecule has 3 aromatic carbocycles. The predicted molar refractivity (Wildman–Crippen MR) is 119 cm³/mol. The third-order valence-corrected chi connectivity index (χ3v) is 6.28. The van der Waals surface area contributed by atoms with Crippen molar-refractivity contribution in [1.29, 1.82) is 5.26 Å². The van der Waals surface area contributed by atoms with Gasteiger partial charge in [0.15, 0.2) is 0 Å². The Morgan fingerprint density at radius 2 is 1.75 bits per heavy atom. The number of aromatic nitrogens is 2. The van der Waals surface area contributed by atoms with Crippen molar-refractivity contribution in [3.8, 4) is 6.07 Å². The highest BCUT2D eigenvalue weighted by Gasteiger charge is 2.20. The van der Waals surface area contributed by atoms with E-state index in [2.05, 4.69) is 15.8 Å². The number of hydrogen-bond donors (Lipinski definition) is 2. The number of nitrogens with one attached hydrogen (secondary N) is 1. The lowest BCUT2D eigenvalue weighted by Gasteiger charge is -2.09. The number of benzene rings is 3. The van der Waals surface area contributed by atoms with Crippen LogP contribution in [0.25, 0.3) is 11.0 Å². The first-order valence-corrected chi connectivity index (χ1v) is 11.1. The van der Waals surface area contributed by atoms with E-state index in [9.17, 15) is 18.3 Å². The van der Waals surface area contributed by atoms with Gasteiger partial charge >= 0.3 is 5.97 Å². The average molecular weight is 446 g/mol. The lowest BCUT2D eigenvalue weighted by atomic mass is 10.1. The Balaban J connectivity index is 1.78. The first-order valence-electron chi connectivity index (χ1n) is 9.64. The molecule has 160 valence electrons. The van der Waals surface area contributed by atoms with E-state index in [1.54, 1.807) is 65.2 Å². The maximum atomic E-state index is 12.8. The van der Waals surface area contributed by atoms with Gasteiger partial charge in [-0.05, 0) is 42.0 Å². The summed E-state index contributed by atoms with van der Waals surface area (Å²) in [6.07, 6.45) is 0.318. The fourth-order valence-electron chi connectivity index (χ4n) is 3.41. The summed E-state index contributed by atoms with van der Waals surface area (Å²) in [6.45, 7) is -0.322. The molecule has 0 aliphatic rings. The molecular weight excluding hydrogens is 428 g/mol. The molecule has 0 spiro atoms. The SMILES string of the molecule is N#Cc1ccc(Cc2nc3c(NS(=O)(=O)c4ccccc4)cccc3n2CC(=O)O)cc1. The fraction of sp³-hybridized carbons (Fsp3) is 0.0870. The normalized spacial score (nSPS) is 11.2. The topological polar surface area (TPSA) is 125 Å². The molecule has 1 aromatic heterocycles. The summed E-state index contributed by atoms with van der Waals surface area (Å²) < 4.78 is 29.7. The Hall–Kier alpha value is -4.16. The number of sulfonamides is 1. The van der Waals surface area contributed by atoms with Crippen molar-refractivity contribution in [2.24, 2.45) is 0 Å². The lowest BCUT2D eigenvalue weighted by Crippen LogP contribution is -2.13. The van der Waals surface area contributed by atoms with Crippen molar-refractivity contribution in [3.05, 3.63) is 89.7 Å². The second kappa shape index (κ2) is 8.53. The van der Waals surface area contributed by atoms with Crippen LogP contribution in [0.3, 0.4) is 0 Å². The number of nitrogens with zero attached hydrogens (tertiary/aromatic N) is 3. The van der Waals surface area contributed by atoms with Gasteiger partial charge in [-0.15, -0.1) is 0 Å². The fourth-order valence-corrected chi connectivity index (χ4v) is 4.49. The standard InChI is InChI=1S/C23H18N4O4S/c24-14-17-11-9-16(10-12-17)13-21-25-23-19(7-4-8-20(23)27(21)15-22(28)29)26-32(30,31)18-5-2-1-3-6-18/h1-12,26H,13,15H2,(H,28,29). The highest BCUT2D eigenvalue weighted by molar-refractivity contribution is 7.92. The van der Waals surface area contributed by atoms with Crippen LogP contribution in [0.1, 0.15) is 17.0 Å². The van der Waals surface area contributed by atoms with Crippen LogP contribution in [0.5, 0.6) is 0 Å². The van der Waals surface area contributed by atoms with Gasteiger partial charge in [-0.2, -0.15) is 5.26 Å². The summed E-state index contributed by atoms with van der Waals surface area (Å²) in [5.74, 6) is -0.570. The van der Waals surface area contributed by atoms with Crippen LogP contribution in [0, 0.1) is 11.3 Å². The van der Waals surface area contributed by atoms with E-state index < -0.39 is 16.0 Å². The van der Waals surface area contributed by atoms with E-state index in [-0.39, 0.29) is 17.1 Å². The molecule has 0 saturated carbocycles. The van der Waals surface area contributed by atoms with Crippen LogP contribution in [-0.4, -0.2) is 29.0 Å². The molecular formula is C23H18N4O4S. The smallest absolute Gasteiger partial charge is 0.323 e. The summed E-state index contributed by atoms with van der Waals surface area (Å²) >= 11 is 0. The van der Waals surface area contributed by atoms with Crippen LogP contribution in [0.4, 0.5) is 5.69 Å². The lowest BCUT2D eigenvalue weighted by molar-refractivity contribution is -0.137. The second-order valence-electron chi connectivity index (χ2n) is 7.09. The number of fused-ring (bicyclic) bond motifs is 1. The van der Waals surface area contributed by atoms with Gasteiger partial charge in [0.2, 0.25) is 0 Å². The van der Waals surface area contributed by atoms with Crippen molar-refractivity contribution in [2.75, 3.05) is 4.72 Å². The number of carboxylic acids is 1. The average Bonchev–Trinajstić information content (AvgIpc) is 3.12. The number of carboxylic acid groups (broad SMARTS) is 1. The molecule has 8 nitrogen and oxygen atoms in total. The zero-order valence-corrected chi connectivity index (χ0v) is 17.6. The van der Waals surface area contributed by atoms with Crippen LogP contribution >= 0.6 is 0 Å². The van der Waals surface area contributed by atoms with E-state index in [4.69, 9.17) is 5.26 Å². The number of hydrogen-bond acceptors (Lipinski definition) is 5. The number of carbonyl (C=O) groups is 1. The number of anilines is 1. The van der Waals surface area contributed by atoms with Crippen molar-refractivity contribution >= 4 is 32.7 Å². The Labute approximate surface area is 184 Å². The van der Waals surface area contributed by atoms with Gasteiger partial charge in [0, 0.05) is 6.42 Å². The van der Waals surface area contributed by atoms with Crippen LogP contribution in [-0.2, 0) is 27.8 Å². The minimum absolute atomic E-state index is 0.111. The van der Waals surface area contributed by atoms with E-state index in [1.165, 1.54) is 12.1 Å². The zero-order chi connectivity index (χ0) is 22.7. The quantitative estimate of drug-likeness (QED) is 0.448. The molecule has 0 fully saturated rings. The maximum absolute atomic E-state index is 12.8. The van der Waals surface area contributed by atoms with Crippen molar-refractivity contribution in [3.63, 3.8) is 0 Å². The van der Waals surface area contributed by atoms with E-state index in [0.717, 1.165) is 5.56 Å². The molecule has 9 heteroatoms. The van der Waals surface area contributed by atoms with Gasteiger partial charge in [-0.3, -0.25) is 9.52 Å². The van der Waals surface area contributed by atoms with Crippen LogP contribution in [0.2, 0.25) is 0 Å². The van der Waals surface area contributed by atoms with Gasteiger partial charge in [-0.1, -0.05) is 36.4 Å². The Morgan fingerprint density at radius 3 is 2.41 bits per heavy atom. The number of imidazole rings is 1. The number of para-hydroxylation sites is 1. The Bertz CT molecular complexity index is 1440. The molecule has 0 aliphatic carbocycles. The van der Waals surface area contributed by atoms with Gasteiger partial charge in [-0.25, -0.2) is 13.4 Å². The van der Waals surface area contributed by atoms with Crippen molar-refractivity contribution in [1.82, 2.24) is 9.55 Å². The summed E-state index contributed by atoms with van der Waals surface area (Å²) in [7, 11) is -3.84. The van der Waals surface area contributed by atoms with E-state index in [1.807, 2.05) is 0 Å². The number of rotatable bonds is 7. The number of aliphatic carboxylic acids is 1. The van der Waals surface area contributed by atoms with Crippen molar-refractivity contribution < 1.29 is 18.3 Å². The minimum Gasteiger partial charge on any atom is -0.480 e. The molecule has 32 heavy (non-hydrogen) atoms. The van der Waals surface area contributed by atoms with Crippen LogP contribution < -0.4 is 4.72 Å². The Kier molecular flexibility index (Phi) is 5.62. The molecule has 0 aliphatic heterocycles. The minimum atomic E-state index is -3.84. The monoisotopic (exact) mass is 446 g/mol. The van der Waals surface area contributed by atoms with Gasteiger partial charge in [0.25, 0.3) is 10.0 Å². The first kappa shape index (κ1) is 21.1. The van der Waals surface area contributed by atoms with Gasteiger partial charge in [0.1, 0.15) is 17.9 Å². The molecule has 0 saturated heterocycles. The van der Waals surface area contributed by atoms with Crippen LogP contribution in [0.15, 0.2) is 77.7 Å². The summed E-state index contributed by atoms with van der Waals surface area (Å²) in [5.41, 5.74) is 2.49. The second-order valence-corrected chi connectivity index (χ2v) is 8.77. The van der Waals surface area contributed by atoms with Crippen molar-refractivity contribution in [2.45, 2.75) is 17.9 Å². The Morgan fingerprint density at radius 1 is 1.03 bits per heavy atom. The molecule has 0 bridgehead atoms. The molecule has 4 aromatic rings. The molecule has 0 atom stereocenters. The van der Waals surface area contributed by atoms with Gasteiger partial charge < -0.3 is 9.67 Å². The third kappa shape index (κ3) is 4.31. The zero-order valence-electron chi connectivity index (χ0n) is 16.8. The highest BCUT2D eigenvalue weighted by Crippen LogP contribution is 2.27. The van der Waals surface area contributed by atoms with E-state index >= 15 is 0 Å². The molecule has 0 unspecified atom stereocenters. The number of nitriles is 1. The maximum Gasteiger partial charge on any atom is 0.323 e. The third-order valence-electron chi connectivity index (χ3n) is 4.89. The molecule has 0 radical (unpaired) electrons. The molecule has 2 N–H and O–H groups in total. The first-order chi connectivity index (χ1) is 15.4. The summed E-state index contributed by atoms with van der Waals surface area (Å²) in [5, 5.41) is 18.4. The summed E-state index contributed by atoms with van der Waals surface area (Å²) in [4.78, 5) is 16.2. The highest BCUT2D eigenvalue weighted by atomic mass is 32.2.